The van der Waals surface area contributed by atoms with E-state index in [4.69, 9.17) is 14.2 Å². The number of aromatic hydroxyl groups is 1. The molecule has 0 aromatic heterocycles. The van der Waals surface area contributed by atoms with E-state index in [1.807, 2.05) is 12.1 Å². The molecule has 0 radical (unpaired) electrons. The molecule has 5 heteroatoms. The van der Waals surface area contributed by atoms with Crippen LogP contribution in [0.5, 0.6) is 11.5 Å². The first-order valence-electron chi connectivity index (χ1n) is 9.06. The van der Waals surface area contributed by atoms with Gasteiger partial charge in [-0.05, 0) is 24.5 Å². The topological polar surface area (TPSA) is 51.2 Å². The average molecular weight is 347 g/mol. The van der Waals surface area contributed by atoms with Crippen LogP contribution in [0.25, 0.3) is 0 Å². The minimum Gasteiger partial charge on any atom is -0.504 e. The highest BCUT2D eigenvalue weighted by Gasteiger charge is 2.43. The predicted octanol–water partition coefficient (Wildman–Crippen LogP) is 2.90. The normalized spacial score (nSPS) is 26.9. The Kier molecular flexibility index (Phi) is 5.67. The molecule has 1 aromatic carbocycles. The molecule has 1 N–H and O–H groups in total. The Hall–Kier alpha value is -1.56. The average Bonchev–Trinajstić information content (AvgIpc) is 3.04. The molecule has 2 atom stereocenters. The van der Waals surface area contributed by atoms with E-state index in [9.17, 15) is 5.11 Å². The molecule has 3 rings (SSSR count). The van der Waals surface area contributed by atoms with Crippen LogP contribution in [0.4, 0.5) is 0 Å². The van der Waals surface area contributed by atoms with Gasteiger partial charge in [0.15, 0.2) is 11.5 Å². The highest BCUT2D eigenvalue weighted by molar-refractivity contribution is 5.49. The van der Waals surface area contributed by atoms with E-state index < -0.39 is 0 Å². The number of nitrogens with zero attached hydrogens (tertiary/aromatic N) is 1. The molecular weight excluding hydrogens is 318 g/mol. The van der Waals surface area contributed by atoms with E-state index in [0.717, 1.165) is 50.2 Å². The second-order valence-corrected chi connectivity index (χ2v) is 7.10. The zero-order chi connectivity index (χ0) is 17.9. The molecule has 2 aliphatic rings. The molecule has 2 heterocycles. The molecule has 25 heavy (non-hydrogen) atoms. The van der Waals surface area contributed by atoms with Crippen LogP contribution in [-0.4, -0.2) is 55.1 Å². The molecule has 2 saturated heterocycles. The third kappa shape index (κ3) is 4.00. The maximum absolute atomic E-state index is 10.3. The summed E-state index contributed by atoms with van der Waals surface area (Å²) in [4.78, 5) is 2.44. The Balaban J connectivity index is 1.80. The summed E-state index contributed by atoms with van der Waals surface area (Å²) >= 11 is 0. The number of benzene rings is 1. The number of morpholine rings is 1. The van der Waals surface area contributed by atoms with Gasteiger partial charge in [0.25, 0.3) is 0 Å². The van der Waals surface area contributed by atoms with Gasteiger partial charge >= 0.3 is 0 Å². The first-order chi connectivity index (χ1) is 12.1. The lowest BCUT2D eigenvalue weighted by Gasteiger charge is -2.43. The largest absolute Gasteiger partial charge is 0.504 e. The summed E-state index contributed by atoms with van der Waals surface area (Å²) in [5, 5.41) is 10.3. The van der Waals surface area contributed by atoms with Crippen LogP contribution in [0, 0.1) is 0 Å². The van der Waals surface area contributed by atoms with Crippen molar-refractivity contribution < 1.29 is 19.3 Å². The molecule has 2 fully saturated rings. The van der Waals surface area contributed by atoms with Crippen molar-refractivity contribution in [1.29, 1.82) is 0 Å². The number of hydrogen-bond acceptors (Lipinski definition) is 5. The fourth-order valence-corrected chi connectivity index (χ4v) is 3.87. The fourth-order valence-electron chi connectivity index (χ4n) is 3.87. The van der Waals surface area contributed by atoms with Crippen LogP contribution in [0.2, 0.25) is 0 Å². The lowest BCUT2D eigenvalue weighted by Crippen LogP contribution is -2.55. The maximum atomic E-state index is 10.3. The molecule has 2 aliphatic heterocycles. The van der Waals surface area contributed by atoms with Gasteiger partial charge in [0.2, 0.25) is 0 Å². The minimum atomic E-state index is -0.163. The number of phenolic OH excluding ortho intramolecular Hbond substituents is 1. The van der Waals surface area contributed by atoms with Crippen molar-refractivity contribution in [3.8, 4) is 11.5 Å². The summed E-state index contributed by atoms with van der Waals surface area (Å²) in [5.41, 5.74) is 1.82. The van der Waals surface area contributed by atoms with Crippen molar-refractivity contribution >= 4 is 0 Å². The lowest BCUT2D eigenvalue weighted by molar-refractivity contribution is -0.156. The van der Waals surface area contributed by atoms with E-state index in [0.29, 0.717) is 18.8 Å². The molecule has 138 valence electrons. The second-order valence-electron chi connectivity index (χ2n) is 7.10. The molecule has 0 saturated carbocycles. The van der Waals surface area contributed by atoms with Crippen molar-refractivity contribution in [2.45, 2.75) is 44.4 Å². The summed E-state index contributed by atoms with van der Waals surface area (Å²) < 4.78 is 17.3. The molecule has 5 nitrogen and oxygen atoms in total. The van der Waals surface area contributed by atoms with Crippen LogP contribution < -0.4 is 4.74 Å². The van der Waals surface area contributed by atoms with Crippen molar-refractivity contribution in [2.24, 2.45) is 0 Å². The number of ether oxygens (including phenoxy) is 3. The molecule has 0 bridgehead atoms. The van der Waals surface area contributed by atoms with Crippen molar-refractivity contribution in [2.75, 3.05) is 33.4 Å². The first-order valence-corrected chi connectivity index (χ1v) is 9.06. The summed E-state index contributed by atoms with van der Waals surface area (Å²) in [6.45, 7) is 10.0. The maximum Gasteiger partial charge on any atom is 0.161 e. The van der Waals surface area contributed by atoms with Gasteiger partial charge in [0, 0.05) is 38.2 Å². The van der Waals surface area contributed by atoms with E-state index in [1.54, 1.807) is 13.2 Å². The summed E-state index contributed by atoms with van der Waals surface area (Å²) in [6, 6.07) is 3.98. The van der Waals surface area contributed by atoms with E-state index in [-0.39, 0.29) is 17.5 Å². The van der Waals surface area contributed by atoms with Crippen LogP contribution in [0.3, 0.4) is 0 Å². The Morgan fingerprint density at radius 3 is 2.96 bits per heavy atom. The Labute approximate surface area is 150 Å². The monoisotopic (exact) mass is 347 g/mol. The first kappa shape index (κ1) is 18.2. The van der Waals surface area contributed by atoms with Gasteiger partial charge in [-0.25, -0.2) is 0 Å². The molecule has 0 amide bonds. The smallest absolute Gasteiger partial charge is 0.161 e. The third-order valence-corrected chi connectivity index (χ3v) is 5.12. The summed E-state index contributed by atoms with van der Waals surface area (Å²) in [7, 11) is 1.59. The van der Waals surface area contributed by atoms with Gasteiger partial charge < -0.3 is 19.3 Å². The highest BCUT2D eigenvalue weighted by Crippen LogP contribution is 2.35. The summed E-state index contributed by atoms with van der Waals surface area (Å²) in [5.74, 6) is 0.730. The quantitative estimate of drug-likeness (QED) is 0.802. The van der Waals surface area contributed by atoms with Crippen molar-refractivity contribution in [3.63, 3.8) is 0 Å². The molecule has 1 aromatic rings. The van der Waals surface area contributed by atoms with Gasteiger partial charge in [-0.15, -0.1) is 6.58 Å². The van der Waals surface area contributed by atoms with E-state index in [2.05, 4.69) is 18.4 Å². The number of methoxy groups -OCH3 is 1. The van der Waals surface area contributed by atoms with Crippen LogP contribution in [0.1, 0.15) is 30.9 Å². The highest BCUT2D eigenvalue weighted by atomic mass is 16.6. The Morgan fingerprint density at radius 1 is 1.48 bits per heavy atom. The number of rotatable bonds is 6. The van der Waals surface area contributed by atoms with Gasteiger partial charge in [-0.1, -0.05) is 19.1 Å². The fraction of sp³-hybridized carbons (Fsp3) is 0.600. The van der Waals surface area contributed by atoms with Gasteiger partial charge in [-0.3, -0.25) is 4.90 Å². The van der Waals surface area contributed by atoms with Crippen LogP contribution in [-0.2, 0) is 22.4 Å². The van der Waals surface area contributed by atoms with E-state index in [1.165, 1.54) is 0 Å². The third-order valence-electron chi connectivity index (χ3n) is 5.12. The Morgan fingerprint density at radius 2 is 2.32 bits per heavy atom. The number of hydrogen-bond donors (Lipinski definition) is 1. The van der Waals surface area contributed by atoms with E-state index >= 15 is 0 Å². The Bertz CT molecular complexity index is 610. The van der Waals surface area contributed by atoms with Crippen molar-refractivity contribution in [1.82, 2.24) is 4.90 Å². The van der Waals surface area contributed by atoms with Gasteiger partial charge in [0.1, 0.15) is 5.60 Å². The number of allylic oxidation sites excluding steroid dienone is 1. The van der Waals surface area contributed by atoms with Crippen LogP contribution in [0.15, 0.2) is 24.8 Å². The van der Waals surface area contributed by atoms with Gasteiger partial charge in [-0.2, -0.15) is 0 Å². The SMILES string of the molecule is C=CCc1cc(CN2CC(CC)OC3(CCOC3)C2)cc(OC)c1O. The zero-order valence-electron chi connectivity index (χ0n) is 15.3. The standard InChI is InChI=1S/C20H29NO4/c1-4-6-16-9-15(10-18(23-3)19(16)22)11-21-12-17(5-2)25-20(13-21)7-8-24-14-20/h4,9-10,17,22H,1,5-8,11-14H2,2-3H3. The molecule has 2 unspecified atom stereocenters. The van der Waals surface area contributed by atoms with Crippen molar-refractivity contribution in [3.05, 3.63) is 35.9 Å². The van der Waals surface area contributed by atoms with Crippen LogP contribution >= 0.6 is 0 Å². The predicted molar refractivity (Wildman–Crippen MR) is 97.2 cm³/mol. The van der Waals surface area contributed by atoms with Gasteiger partial charge in [0.05, 0.1) is 19.8 Å². The molecule has 1 spiro atoms. The minimum absolute atomic E-state index is 0.163. The number of phenols is 1. The zero-order valence-corrected chi connectivity index (χ0v) is 15.3. The lowest BCUT2D eigenvalue weighted by atomic mass is 9.97. The summed E-state index contributed by atoms with van der Waals surface area (Å²) in [6.07, 6.45) is 4.61. The molecule has 0 aliphatic carbocycles. The second kappa shape index (κ2) is 7.77. The molecular formula is C20H29NO4.